The topological polar surface area (TPSA) is 65.0 Å². The van der Waals surface area contributed by atoms with Gasteiger partial charge in [-0.1, -0.05) is 0 Å². The van der Waals surface area contributed by atoms with E-state index < -0.39 is 18.2 Å². The Balaban J connectivity index is 2.72. The highest BCUT2D eigenvalue weighted by Crippen LogP contribution is 2.19. The molecular weight excluding hydrogens is 248 g/mol. The third-order valence-corrected chi connectivity index (χ3v) is 2.43. The molecule has 0 aliphatic rings. The van der Waals surface area contributed by atoms with Gasteiger partial charge in [0.15, 0.2) is 0 Å². The SMILES string of the molecule is COC(=O)/C=C/[C@H](Oc1ccc(OC)cc1)[C@@H](C)O. The maximum atomic E-state index is 11.0. The quantitative estimate of drug-likeness (QED) is 0.625. The fourth-order valence-corrected chi connectivity index (χ4v) is 1.35. The monoisotopic (exact) mass is 266 g/mol. The zero-order chi connectivity index (χ0) is 14.3. The Kier molecular flexibility index (Phi) is 5.89. The van der Waals surface area contributed by atoms with Crippen LogP contribution in [0.4, 0.5) is 0 Å². The molecule has 2 atom stereocenters. The van der Waals surface area contributed by atoms with E-state index in [9.17, 15) is 9.90 Å². The molecule has 0 aromatic heterocycles. The Labute approximate surface area is 112 Å². The molecule has 1 aromatic carbocycles. The molecule has 5 heteroatoms. The molecule has 0 spiro atoms. The normalized spacial score (nSPS) is 13.9. The van der Waals surface area contributed by atoms with E-state index in [0.717, 1.165) is 0 Å². The Morgan fingerprint density at radius 1 is 1.21 bits per heavy atom. The number of aliphatic hydroxyl groups excluding tert-OH is 1. The fourth-order valence-electron chi connectivity index (χ4n) is 1.35. The van der Waals surface area contributed by atoms with Crippen LogP contribution in [0.25, 0.3) is 0 Å². The third-order valence-electron chi connectivity index (χ3n) is 2.43. The molecule has 1 aromatic rings. The van der Waals surface area contributed by atoms with E-state index in [1.165, 1.54) is 19.3 Å². The lowest BCUT2D eigenvalue weighted by molar-refractivity contribution is -0.134. The van der Waals surface area contributed by atoms with E-state index >= 15 is 0 Å². The van der Waals surface area contributed by atoms with Gasteiger partial charge in [0.2, 0.25) is 0 Å². The van der Waals surface area contributed by atoms with Gasteiger partial charge in [0.1, 0.15) is 17.6 Å². The summed E-state index contributed by atoms with van der Waals surface area (Å²) in [6.07, 6.45) is 1.29. The van der Waals surface area contributed by atoms with Gasteiger partial charge in [-0.25, -0.2) is 4.79 Å². The van der Waals surface area contributed by atoms with Crippen LogP contribution in [0.2, 0.25) is 0 Å². The molecule has 0 radical (unpaired) electrons. The molecule has 0 saturated carbocycles. The first-order chi connectivity index (χ1) is 9.06. The van der Waals surface area contributed by atoms with Gasteiger partial charge in [-0.15, -0.1) is 0 Å². The summed E-state index contributed by atoms with van der Waals surface area (Å²) in [7, 11) is 2.86. The lowest BCUT2D eigenvalue weighted by Crippen LogP contribution is -2.27. The Morgan fingerprint density at radius 2 is 1.79 bits per heavy atom. The molecule has 19 heavy (non-hydrogen) atoms. The molecule has 0 amide bonds. The highest BCUT2D eigenvalue weighted by atomic mass is 16.5. The van der Waals surface area contributed by atoms with E-state index in [4.69, 9.17) is 9.47 Å². The number of carbonyl (C=O) groups excluding carboxylic acids is 1. The fraction of sp³-hybridized carbons (Fsp3) is 0.357. The average Bonchev–Trinajstić information content (AvgIpc) is 2.43. The molecular formula is C14H18O5. The number of ether oxygens (including phenoxy) is 3. The first-order valence-electron chi connectivity index (χ1n) is 5.81. The summed E-state index contributed by atoms with van der Waals surface area (Å²) >= 11 is 0. The van der Waals surface area contributed by atoms with Gasteiger partial charge >= 0.3 is 5.97 Å². The number of aliphatic hydroxyl groups is 1. The van der Waals surface area contributed by atoms with Gasteiger partial charge < -0.3 is 19.3 Å². The first kappa shape index (κ1) is 15.0. The second kappa shape index (κ2) is 7.43. The molecule has 104 valence electrons. The standard InChI is InChI=1S/C14H18O5/c1-10(15)13(8-9-14(16)18-3)19-12-6-4-11(17-2)5-7-12/h4-10,13,15H,1-3H3/b9-8+/t10-,13+/m1/s1. The highest BCUT2D eigenvalue weighted by Gasteiger charge is 2.14. The van der Waals surface area contributed by atoms with Gasteiger partial charge in [-0.2, -0.15) is 0 Å². The predicted molar refractivity (Wildman–Crippen MR) is 70.2 cm³/mol. The van der Waals surface area contributed by atoms with Crippen molar-refractivity contribution in [1.29, 1.82) is 0 Å². The Morgan fingerprint density at radius 3 is 2.26 bits per heavy atom. The van der Waals surface area contributed by atoms with Crippen LogP contribution in [0.15, 0.2) is 36.4 Å². The van der Waals surface area contributed by atoms with E-state index in [-0.39, 0.29) is 0 Å². The molecule has 1 N–H and O–H groups in total. The summed E-state index contributed by atoms with van der Waals surface area (Å²) in [6.45, 7) is 1.58. The van der Waals surface area contributed by atoms with E-state index in [1.54, 1.807) is 38.3 Å². The Bertz CT molecular complexity index is 422. The number of hydrogen-bond acceptors (Lipinski definition) is 5. The number of methoxy groups -OCH3 is 2. The number of esters is 1. The van der Waals surface area contributed by atoms with E-state index in [0.29, 0.717) is 11.5 Å². The van der Waals surface area contributed by atoms with Gasteiger partial charge in [0.05, 0.1) is 20.3 Å². The van der Waals surface area contributed by atoms with Crippen LogP contribution in [0.3, 0.4) is 0 Å². The number of hydrogen-bond donors (Lipinski definition) is 1. The zero-order valence-electron chi connectivity index (χ0n) is 11.2. The largest absolute Gasteiger partial charge is 0.497 e. The minimum atomic E-state index is -0.761. The minimum Gasteiger partial charge on any atom is -0.497 e. The van der Waals surface area contributed by atoms with Crippen molar-refractivity contribution in [2.24, 2.45) is 0 Å². The van der Waals surface area contributed by atoms with Crippen LogP contribution in [0.1, 0.15) is 6.92 Å². The summed E-state index contributed by atoms with van der Waals surface area (Å²) in [5.41, 5.74) is 0. The highest BCUT2D eigenvalue weighted by molar-refractivity contribution is 5.81. The van der Waals surface area contributed by atoms with Gasteiger partial charge in [0, 0.05) is 6.08 Å². The van der Waals surface area contributed by atoms with Crippen molar-refractivity contribution in [3.8, 4) is 11.5 Å². The summed E-state index contributed by atoms with van der Waals surface area (Å²) in [5, 5.41) is 9.61. The van der Waals surface area contributed by atoms with Gasteiger partial charge in [0.25, 0.3) is 0 Å². The van der Waals surface area contributed by atoms with Crippen molar-refractivity contribution in [2.75, 3.05) is 14.2 Å². The molecule has 0 bridgehead atoms. The first-order valence-corrected chi connectivity index (χ1v) is 5.81. The molecule has 5 nitrogen and oxygen atoms in total. The summed E-state index contributed by atoms with van der Waals surface area (Å²) in [6, 6.07) is 6.94. The van der Waals surface area contributed by atoms with Gasteiger partial charge in [-0.05, 0) is 37.3 Å². The average molecular weight is 266 g/mol. The van der Waals surface area contributed by atoms with E-state index in [1.807, 2.05) is 0 Å². The zero-order valence-corrected chi connectivity index (χ0v) is 11.2. The van der Waals surface area contributed by atoms with Gasteiger partial charge in [-0.3, -0.25) is 0 Å². The van der Waals surface area contributed by atoms with Crippen molar-refractivity contribution in [1.82, 2.24) is 0 Å². The molecule has 0 fully saturated rings. The van der Waals surface area contributed by atoms with Crippen LogP contribution in [-0.2, 0) is 9.53 Å². The smallest absolute Gasteiger partial charge is 0.330 e. The lowest BCUT2D eigenvalue weighted by atomic mass is 10.2. The molecule has 0 saturated heterocycles. The lowest BCUT2D eigenvalue weighted by Gasteiger charge is -2.18. The number of benzene rings is 1. The minimum absolute atomic E-state index is 0.496. The van der Waals surface area contributed by atoms with Crippen LogP contribution in [-0.4, -0.2) is 37.5 Å². The third kappa shape index (κ3) is 5.01. The summed E-state index contributed by atoms with van der Waals surface area (Å²) in [4.78, 5) is 11.0. The second-order valence-corrected chi connectivity index (χ2v) is 3.88. The molecule has 1 rings (SSSR count). The molecule has 0 aliphatic heterocycles. The van der Waals surface area contributed by atoms with Crippen LogP contribution >= 0.6 is 0 Å². The number of rotatable bonds is 6. The van der Waals surface area contributed by atoms with Crippen molar-refractivity contribution in [2.45, 2.75) is 19.1 Å². The molecule has 0 heterocycles. The summed E-state index contributed by atoms with van der Waals surface area (Å²) < 4.78 is 15.1. The number of carbonyl (C=O) groups is 1. The van der Waals surface area contributed by atoms with Crippen molar-refractivity contribution >= 4 is 5.97 Å². The maximum Gasteiger partial charge on any atom is 0.330 e. The Hall–Kier alpha value is -2.01. The van der Waals surface area contributed by atoms with Crippen molar-refractivity contribution in [3.05, 3.63) is 36.4 Å². The van der Waals surface area contributed by atoms with Crippen molar-refractivity contribution < 1.29 is 24.1 Å². The van der Waals surface area contributed by atoms with Crippen LogP contribution in [0, 0.1) is 0 Å². The molecule has 0 unspecified atom stereocenters. The van der Waals surface area contributed by atoms with Crippen LogP contribution < -0.4 is 9.47 Å². The maximum absolute atomic E-state index is 11.0. The van der Waals surface area contributed by atoms with Crippen molar-refractivity contribution in [3.63, 3.8) is 0 Å². The molecule has 0 aliphatic carbocycles. The van der Waals surface area contributed by atoms with Crippen LogP contribution in [0.5, 0.6) is 11.5 Å². The van der Waals surface area contributed by atoms with E-state index in [2.05, 4.69) is 4.74 Å². The predicted octanol–water partition coefficient (Wildman–Crippen LogP) is 1.55. The summed E-state index contributed by atoms with van der Waals surface area (Å²) in [5.74, 6) is 0.788. The second-order valence-electron chi connectivity index (χ2n) is 3.88.